The molecule has 4 rings (SSSR count). The minimum Gasteiger partial charge on any atom is -0.461 e. The van der Waals surface area contributed by atoms with Crippen molar-refractivity contribution in [2.24, 2.45) is 11.8 Å². The summed E-state index contributed by atoms with van der Waals surface area (Å²) in [6.07, 6.45) is 6.89. The first-order valence-corrected chi connectivity index (χ1v) is 15.0. The summed E-state index contributed by atoms with van der Waals surface area (Å²) in [6, 6.07) is 7.02. The van der Waals surface area contributed by atoms with Gasteiger partial charge in [-0.15, -0.1) is 6.58 Å². The lowest BCUT2D eigenvalue weighted by Gasteiger charge is -2.37. The van der Waals surface area contributed by atoms with E-state index in [0.29, 0.717) is 32.2 Å². The maximum absolute atomic E-state index is 14.6. The number of carbonyl (C=O) groups excluding carboxylic acids is 3. The average molecular weight is 568 g/mol. The van der Waals surface area contributed by atoms with Crippen molar-refractivity contribution in [2.45, 2.75) is 70.1 Å². The number of esters is 1. The van der Waals surface area contributed by atoms with E-state index in [4.69, 9.17) is 14.6 Å². The molecule has 224 valence electrons. The smallest absolute Gasteiger partial charge is 0.312 e. The van der Waals surface area contributed by atoms with Crippen molar-refractivity contribution in [2.75, 3.05) is 49.2 Å². The van der Waals surface area contributed by atoms with Crippen molar-refractivity contribution >= 4 is 29.2 Å². The van der Waals surface area contributed by atoms with Gasteiger partial charge >= 0.3 is 5.97 Å². The lowest BCUT2D eigenvalue weighted by molar-refractivity contribution is -0.154. The Bertz CT molecular complexity index is 1100. The second-order valence-electron chi connectivity index (χ2n) is 11.1. The topological polar surface area (TPSA) is 99.6 Å². The molecule has 2 amide bonds. The SMILES string of the molecule is C=CCOC(=O)[C@@H]1[C@H]2C(=O)N(CCCCCCO)C(C(=O)N(CC=C)c3ccc(N(CC)CC)cc3)C23CC[C@H]1O3. The van der Waals surface area contributed by atoms with Crippen molar-refractivity contribution in [3.63, 3.8) is 0 Å². The Morgan fingerprint density at radius 1 is 1.10 bits per heavy atom. The molecule has 0 saturated carbocycles. The molecule has 1 N–H and O–H groups in total. The quantitative estimate of drug-likeness (QED) is 0.185. The van der Waals surface area contributed by atoms with E-state index in [-0.39, 0.29) is 31.6 Å². The van der Waals surface area contributed by atoms with Crippen molar-refractivity contribution in [1.29, 1.82) is 0 Å². The molecule has 5 atom stereocenters. The van der Waals surface area contributed by atoms with Gasteiger partial charge in [0.15, 0.2) is 0 Å². The molecule has 0 radical (unpaired) electrons. The standard InChI is InChI=1S/C32H45N3O6/c1-5-19-34(24-15-13-23(14-16-24)33(7-3)8-4)30(38)28-32-18-17-25(41-32)26(31(39)40-22-6-2)27(32)29(37)35(28)20-11-9-10-12-21-36/h5-6,13-16,25-28,36H,1-2,7-12,17-22H2,3-4H3/t25-,26+,27+,28?,32?/m1/s1. The number of aliphatic hydroxyl groups is 1. The molecule has 3 aliphatic heterocycles. The normalized spacial score (nSPS) is 26.1. The molecule has 3 heterocycles. The van der Waals surface area contributed by atoms with Crippen LogP contribution in [0.3, 0.4) is 0 Å². The Balaban J connectivity index is 1.68. The van der Waals surface area contributed by atoms with E-state index in [0.717, 1.165) is 37.3 Å². The molecule has 9 nitrogen and oxygen atoms in total. The van der Waals surface area contributed by atoms with E-state index < -0.39 is 35.6 Å². The van der Waals surface area contributed by atoms with Gasteiger partial charge in [0, 0.05) is 44.2 Å². The number of carbonyl (C=O) groups is 3. The van der Waals surface area contributed by atoms with Crippen LogP contribution < -0.4 is 9.80 Å². The molecule has 0 aliphatic carbocycles. The zero-order valence-corrected chi connectivity index (χ0v) is 24.5. The number of ether oxygens (including phenoxy) is 2. The molecular formula is C32H45N3O6. The van der Waals surface area contributed by atoms with Crippen LogP contribution in [-0.2, 0) is 23.9 Å². The average Bonchev–Trinajstić information content (AvgIpc) is 3.62. The highest BCUT2D eigenvalue weighted by Gasteiger charge is 2.75. The molecule has 41 heavy (non-hydrogen) atoms. The maximum Gasteiger partial charge on any atom is 0.312 e. The van der Waals surface area contributed by atoms with Gasteiger partial charge in [0.05, 0.1) is 17.9 Å². The van der Waals surface area contributed by atoms with E-state index in [2.05, 4.69) is 31.9 Å². The van der Waals surface area contributed by atoms with Crippen LogP contribution in [0.15, 0.2) is 49.6 Å². The summed E-state index contributed by atoms with van der Waals surface area (Å²) in [5.41, 5.74) is 0.709. The summed E-state index contributed by atoms with van der Waals surface area (Å²) in [7, 11) is 0. The third-order valence-electron chi connectivity index (χ3n) is 8.82. The first-order chi connectivity index (χ1) is 19.9. The van der Waals surface area contributed by atoms with Crippen molar-refractivity contribution < 1.29 is 29.0 Å². The third-order valence-corrected chi connectivity index (χ3v) is 8.82. The molecule has 9 heteroatoms. The highest BCUT2D eigenvalue weighted by molar-refractivity contribution is 6.04. The van der Waals surface area contributed by atoms with Gasteiger partial charge in [-0.05, 0) is 63.8 Å². The first kappa shape index (κ1) is 30.8. The van der Waals surface area contributed by atoms with Crippen molar-refractivity contribution in [3.8, 4) is 0 Å². The maximum atomic E-state index is 14.6. The predicted octanol–water partition coefficient (Wildman–Crippen LogP) is 3.71. The summed E-state index contributed by atoms with van der Waals surface area (Å²) < 4.78 is 11.9. The van der Waals surface area contributed by atoms with E-state index in [1.54, 1.807) is 15.9 Å². The largest absolute Gasteiger partial charge is 0.461 e. The van der Waals surface area contributed by atoms with E-state index in [1.807, 2.05) is 24.3 Å². The van der Waals surface area contributed by atoms with Gasteiger partial charge in [-0.1, -0.05) is 31.6 Å². The summed E-state index contributed by atoms with van der Waals surface area (Å²) in [6.45, 7) is 14.3. The number of nitrogens with zero attached hydrogens (tertiary/aromatic N) is 3. The van der Waals surface area contributed by atoms with Crippen LogP contribution in [0.4, 0.5) is 11.4 Å². The van der Waals surface area contributed by atoms with Crippen LogP contribution in [-0.4, -0.2) is 84.9 Å². The molecule has 2 unspecified atom stereocenters. The molecule has 3 fully saturated rings. The Labute approximate surface area is 243 Å². The van der Waals surface area contributed by atoms with Gasteiger partial charge in [-0.2, -0.15) is 0 Å². The zero-order chi connectivity index (χ0) is 29.6. The van der Waals surface area contributed by atoms with Gasteiger partial charge in [0.1, 0.15) is 18.2 Å². The molecule has 1 aromatic carbocycles. The van der Waals surface area contributed by atoms with Gasteiger partial charge in [0.2, 0.25) is 5.91 Å². The summed E-state index contributed by atoms with van der Waals surface area (Å²) in [5.74, 6) is -2.43. The summed E-state index contributed by atoms with van der Waals surface area (Å²) in [4.78, 5) is 47.3. The van der Waals surface area contributed by atoms with Crippen LogP contribution in [0.25, 0.3) is 0 Å². The van der Waals surface area contributed by atoms with E-state index in [1.165, 1.54) is 6.08 Å². The highest BCUT2D eigenvalue weighted by Crippen LogP contribution is 2.59. The van der Waals surface area contributed by atoms with Crippen LogP contribution >= 0.6 is 0 Å². The second-order valence-corrected chi connectivity index (χ2v) is 11.1. The monoisotopic (exact) mass is 567 g/mol. The number of anilines is 2. The molecule has 3 saturated heterocycles. The number of hydrogen-bond donors (Lipinski definition) is 1. The number of rotatable bonds is 16. The van der Waals surface area contributed by atoms with Crippen LogP contribution in [0.5, 0.6) is 0 Å². The number of amides is 2. The fourth-order valence-corrected chi connectivity index (χ4v) is 6.96. The number of benzene rings is 1. The first-order valence-electron chi connectivity index (χ1n) is 15.0. The molecular weight excluding hydrogens is 522 g/mol. The zero-order valence-electron chi connectivity index (χ0n) is 24.5. The summed E-state index contributed by atoms with van der Waals surface area (Å²) >= 11 is 0. The molecule has 1 spiro atoms. The molecule has 2 bridgehead atoms. The number of hydrogen-bond acceptors (Lipinski definition) is 7. The molecule has 0 aromatic heterocycles. The minimum absolute atomic E-state index is 0.0590. The van der Waals surface area contributed by atoms with Crippen molar-refractivity contribution in [3.05, 3.63) is 49.6 Å². The van der Waals surface area contributed by atoms with Crippen molar-refractivity contribution in [1.82, 2.24) is 4.90 Å². The van der Waals surface area contributed by atoms with Crippen LogP contribution in [0.1, 0.15) is 52.4 Å². The fourth-order valence-electron chi connectivity index (χ4n) is 6.96. The highest BCUT2D eigenvalue weighted by atomic mass is 16.6. The third kappa shape index (κ3) is 5.79. The number of fused-ring (bicyclic) bond motifs is 1. The number of likely N-dealkylation sites (tertiary alicyclic amines) is 1. The molecule has 3 aliphatic rings. The van der Waals surface area contributed by atoms with Gasteiger partial charge in [0.25, 0.3) is 5.91 Å². The molecule has 1 aromatic rings. The Morgan fingerprint density at radius 3 is 2.41 bits per heavy atom. The van der Waals surface area contributed by atoms with E-state index in [9.17, 15) is 14.4 Å². The van der Waals surface area contributed by atoms with E-state index >= 15 is 0 Å². The van der Waals surface area contributed by atoms with Gasteiger partial charge in [-0.25, -0.2) is 0 Å². The number of unbranched alkanes of at least 4 members (excludes halogenated alkanes) is 3. The van der Waals surface area contributed by atoms with Crippen LogP contribution in [0.2, 0.25) is 0 Å². The summed E-state index contributed by atoms with van der Waals surface area (Å²) in [5, 5.41) is 9.16. The Hall–Kier alpha value is -3.17. The van der Waals surface area contributed by atoms with Gasteiger partial charge < -0.3 is 29.3 Å². The second kappa shape index (κ2) is 13.7. The Morgan fingerprint density at radius 2 is 1.78 bits per heavy atom. The minimum atomic E-state index is -1.08. The van der Waals surface area contributed by atoms with Gasteiger partial charge in [-0.3, -0.25) is 14.4 Å². The lowest BCUT2D eigenvalue weighted by Crippen LogP contribution is -2.56. The van der Waals surface area contributed by atoms with Crippen LogP contribution in [0, 0.1) is 11.8 Å². The number of aliphatic hydroxyl groups excluding tert-OH is 1. The Kier molecular flexibility index (Phi) is 10.3. The fraction of sp³-hybridized carbons (Fsp3) is 0.594. The lowest BCUT2D eigenvalue weighted by atomic mass is 9.70. The predicted molar refractivity (Wildman–Crippen MR) is 159 cm³/mol.